The van der Waals surface area contributed by atoms with Crippen molar-refractivity contribution in [1.29, 1.82) is 0 Å². The van der Waals surface area contributed by atoms with Crippen molar-refractivity contribution >= 4 is 39.2 Å². The fourth-order valence-electron chi connectivity index (χ4n) is 1.94. The maximum Gasteiger partial charge on any atom is 0.337 e. The van der Waals surface area contributed by atoms with Crippen LogP contribution in [0.25, 0.3) is 0 Å². The van der Waals surface area contributed by atoms with Gasteiger partial charge in [0.15, 0.2) is 0 Å². The predicted molar refractivity (Wildman–Crippen MR) is 88.6 cm³/mol. The molecule has 2 aromatic carbocycles. The number of ether oxygens (including phenoxy) is 1. The monoisotopic (exact) mass is 368 g/mol. The summed E-state index contributed by atoms with van der Waals surface area (Å²) in [5.41, 5.74) is 5.25. The number of sulfonamides is 1. The lowest BCUT2D eigenvalue weighted by Crippen LogP contribution is -2.19. The molecule has 126 valence electrons. The molecule has 0 fully saturated rings. The molecule has 0 unspecified atom stereocenters. The highest BCUT2D eigenvalue weighted by molar-refractivity contribution is 7.92. The largest absolute Gasteiger partial charge is 0.465 e. The lowest BCUT2D eigenvalue weighted by molar-refractivity contribution is 0.0600. The lowest BCUT2D eigenvalue weighted by Gasteiger charge is -2.12. The molecule has 7 nitrogen and oxygen atoms in total. The van der Waals surface area contributed by atoms with Gasteiger partial charge in [-0.2, -0.15) is 0 Å². The molecule has 0 aliphatic heterocycles. The van der Waals surface area contributed by atoms with Crippen LogP contribution in [0.3, 0.4) is 0 Å². The number of hydrogen-bond acceptors (Lipinski definition) is 5. The number of anilines is 1. The van der Waals surface area contributed by atoms with E-state index in [4.69, 9.17) is 17.3 Å². The van der Waals surface area contributed by atoms with Gasteiger partial charge in [-0.15, -0.1) is 0 Å². The van der Waals surface area contributed by atoms with Crippen LogP contribution in [0.1, 0.15) is 20.7 Å². The van der Waals surface area contributed by atoms with E-state index in [0.29, 0.717) is 0 Å². The summed E-state index contributed by atoms with van der Waals surface area (Å²) in [6.45, 7) is 0. The van der Waals surface area contributed by atoms with Gasteiger partial charge in [-0.3, -0.25) is 9.52 Å². The lowest BCUT2D eigenvalue weighted by atomic mass is 10.2. The summed E-state index contributed by atoms with van der Waals surface area (Å²) in [5.74, 6) is -1.50. The standard InChI is InChI=1S/C15H13ClN2O5S/c1-23-15(20)9-6-7-11(16)13(8-9)24(21,22)18-12-5-3-2-4-10(12)14(17)19/h2-8,18H,1H3,(H2,17,19). The van der Waals surface area contributed by atoms with Gasteiger partial charge in [-0.05, 0) is 30.3 Å². The predicted octanol–water partition coefficient (Wildman–Crippen LogP) is 2.03. The fourth-order valence-corrected chi connectivity index (χ4v) is 3.55. The summed E-state index contributed by atoms with van der Waals surface area (Å²) < 4.78 is 31.9. The average Bonchev–Trinajstić information content (AvgIpc) is 2.54. The number of esters is 1. The van der Waals surface area contributed by atoms with E-state index in [0.717, 1.165) is 6.07 Å². The second kappa shape index (κ2) is 6.90. The van der Waals surface area contributed by atoms with Gasteiger partial charge in [0, 0.05) is 0 Å². The van der Waals surface area contributed by atoms with Crippen LogP contribution in [-0.2, 0) is 14.8 Å². The average molecular weight is 369 g/mol. The SMILES string of the molecule is COC(=O)c1ccc(Cl)c(S(=O)(=O)Nc2ccccc2C(N)=O)c1. The Hall–Kier alpha value is -2.58. The zero-order valence-corrected chi connectivity index (χ0v) is 14.0. The summed E-state index contributed by atoms with van der Waals surface area (Å²) in [4.78, 5) is 22.6. The Balaban J connectivity index is 2.49. The minimum atomic E-state index is -4.16. The summed E-state index contributed by atoms with van der Waals surface area (Å²) >= 11 is 5.93. The highest BCUT2D eigenvalue weighted by Gasteiger charge is 2.22. The zero-order chi connectivity index (χ0) is 17.9. The highest BCUT2D eigenvalue weighted by atomic mass is 35.5. The molecular weight excluding hydrogens is 356 g/mol. The number of carbonyl (C=O) groups excluding carboxylic acids is 2. The van der Waals surface area contributed by atoms with Crippen LogP contribution in [0, 0.1) is 0 Å². The van der Waals surface area contributed by atoms with Crippen molar-refractivity contribution in [3.05, 3.63) is 58.6 Å². The van der Waals surface area contributed by atoms with Crippen LogP contribution in [0.4, 0.5) is 5.69 Å². The third kappa shape index (κ3) is 3.66. The van der Waals surface area contributed by atoms with Crippen LogP contribution < -0.4 is 10.5 Å². The van der Waals surface area contributed by atoms with Gasteiger partial charge >= 0.3 is 5.97 Å². The van der Waals surface area contributed by atoms with Gasteiger partial charge in [0.2, 0.25) is 0 Å². The molecular formula is C15H13ClN2O5S. The maximum absolute atomic E-state index is 12.6. The molecule has 0 bridgehead atoms. The number of halogens is 1. The quantitative estimate of drug-likeness (QED) is 0.783. The highest BCUT2D eigenvalue weighted by Crippen LogP contribution is 2.26. The first-order valence-electron chi connectivity index (χ1n) is 6.56. The van der Waals surface area contributed by atoms with Crippen LogP contribution in [0.2, 0.25) is 5.02 Å². The van der Waals surface area contributed by atoms with E-state index in [9.17, 15) is 18.0 Å². The van der Waals surface area contributed by atoms with Crippen LogP contribution in [-0.4, -0.2) is 27.4 Å². The summed E-state index contributed by atoms with van der Waals surface area (Å²) in [6, 6.07) is 9.54. The van der Waals surface area contributed by atoms with E-state index in [1.54, 1.807) is 6.07 Å². The Morgan fingerprint density at radius 2 is 1.83 bits per heavy atom. The Kier molecular flexibility index (Phi) is 5.10. The van der Waals surface area contributed by atoms with E-state index in [2.05, 4.69) is 9.46 Å². The zero-order valence-electron chi connectivity index (χ0n) is 12.4. The number of benzene rings is 2. The fraction of sp³-hybridized carbons (Fsp3) is 0.0667. The number of para-hydroxylation sites is 1. The molecule has 0 aliphatic carbocycles. The number of primary amides is 1. The summed E-state index contributed by atoms with van der Waals surface area (Å²) in [5, 5.41) is -0.0910. The Morgan fingerprint density at radius 3 is 2.46 bits per heavy atom. The summed E-state index contributed by atoms with van der Waals surface area (Å²) in [7, 11) is -2.99. The second-order valence-electron chi connectivity index (χ2n) is 4.65. The van der Waals surface area contributed by atoms with Crippen molar-refractivity contribution < 1.29 is 22.7 Å². The molecule has 0 atom stereocenters. The van der Waals surface area contributed by atoms with Crippen LogP contribution in [0.15, 0.2) is 47.4 Å². The van der Waals surface area contributed by atoms with Crippen molar-refractivity contribution in [2.75, 3.05) is 11.8 Å². The minimum Gasteiger partial charge on any atom is -0.465 e. The van der Waals surface area contributed by atoms with Crippen molar-refractivity contribution in [3.63, 3.8) is 0 Å². The molecule has 9 heteroatoms. The Labute approximate surface area is 143 Å². The molecule has 0 radical (unpaired) electrons. The first kappa shape index (κ1) is 17.8. The van der Waals surface area contributed by atoms with Gasteiger partial charge < -0.3 is 10.5 Å². The topological polar surface area (TPSA) is 116 Å². The number of hydrogen-bond donors (Lipinski definition) is 2. The van der Waals surface area contributed by atoms with E-state index >= 15 is 0 Å². The van der Waals surface area contributed by atoms with Gasteiger partial charge in [0.05, 0.1) is 28.9 Å². The number of rotatable bonds is 5. The first-order valence-corrected chi connectivity index (χ1v) is 8.42. The van der Waals surface area contributed by atoms with E-state index in [-0.39, 0.29) is 26.7 Å². The van der Waals surface area contributed by atoms with Crippen molar-refractivity contribution in [3.8, 4) is 0 Å². The third-order valence-corrected chi connectivity index (χ3v) is 4.93. The molecule has 0 aliphatic rings. The normalized spacial score (nSPS) is 10.9. The molecule has 0 heterocycles. The number of methoxy groups -OCH3 is 1. The minimum absolute atomic E-state index is 0.00122. The van der Waals surface area contributed by atoms with Crippen LogP contribution >= 0.6 is 11.6 Å². The molecule has 2 rings (SSSR count). The van der Waals surface area contributed by atoms with Gasteiger partial charge in [-0.1, -0.05) is 23.7 Å². The smallest absolute Gasteiger partial charge is 0.337 e. The second-order valence-corrected chi connectivity index (χ2v) is 6.71. The number of carbonyl (C=O) groups is 2. The third-order valence-electron chi connectivity index (χ3n) is 3.08. The number of amides is 1. The Bertz CT molecular complexity index is 912. The number of nitrogens with two attached hydrogens (primary N) is 1. The van der Waals surface area contributed by atoms with Crippen molar-refractivity contribution in [2.45, 2.75) is 4.90 Å². The molecule has 2 aromatic rings. The van der Waals surface area contributed by atoms with E-state index in [1.165, 1.54) is 37.4 Å². The van der Waals surface area contributed by atoms with E-state index in [1.807, 2.05) is 0 Å². The molecule has 24 heavy (non-hydrogen) atoms. The van der Waals surface area contributed by atoms with Crippen molar-refractivity contribution in [2.24, 2.45) is 5.73 Å². The molecule has 1 amide bonds. The van der Waals surface area contributed by atoms with E-state index < -0.39 is 21.9 Å². The maximum atomic E-state index is 12.6. The van der Waals surface area contributed by atoms with Crippen LogP contribution in [0.5, 0.6) is 0 Å². The molecule has 0 saturated carbocycles. The van der Waals surface area contributed by atoms with Gasteiger partial charge in [-0.25, -0.2) is 13.2 Å². The van der Waals surface area contributed by atoms with Crippen molar-refractivity contribution in [1.82, 2.24) is 0 Å². The molecule has 0 aromatic heterocycles. The number of nitrogens with one attached hydrogen (secondary N) is 1. The summed E-state index contributed by atoms with van der Waals surface area (Å²) in [6.07, 6.45) is 0. The molecule has 0 saturated heterocycles. The van der Waals surface area contributed by atoms with Gasteiger partial charge in [0.1, 0.15) is 4.90 Å². The Morgan fingerprint density at radius 1 is 1.17 bits per heavy atom. The molecule has 0 spiro atoms. The first-order chi connectivity index (χ1) is 11.3. The molecule has 3 N–H and O–H groups in total. The van der Waals surface area contributed by atoms with Gasteiger partial charge in [0.25, 0.3) is 15.9 Å².